The number of nitrogens with zero attached hydrogens (tertiary/aromatic N) is 1. The molecule has 0 saturated heterocycles. The molecule has 0 amide bonds. The highest BCUT2D eigenvalue weighted by molar-refractivity contribution is 5.41. The number of hydrogen-bond acceptors (Lipinski definition) is 3. The zero-order valence-corrected chi connectivity index (χ0v) is 12.3. The summed E-state index contributed by atoms with van der Waals surface area (Å²) in [5, 5.41) is 0. The van der Waals surface area contributed by atoms with Crippen molar-refractivity contribution in [2.45, 2.75) is 38.8 Å². The first-order valence-electron chi connectivity index (χ1n) is 7.23. The summed E-state index contributed by atoms with van der Waals surface area (Å²) >= 11 is 0. The van der Waals surface area contributed by atoms with Crippen molar-refractivity contribution in [3.8, 4) is 0 Å². The maximum Gasteiger partial charge on any atom is 0.0590 e. The Bertz CT molecular complexity index is 403. The van der Waals surface area contributed by atoms with Crippen LogP contribution in [0.3, 0.4) is 0 Å². The summed E-state index contributed by atoms with van der Waals surface area (Å²) in [5.41, 5.74) is 8.04. The molecule has 1 aliphatic carbocycles. The Morgan fingerprint density at radius 1 is 1.37 bits per heavy atom. The van der Waals surface area contributed by atoms with Crippen LogP contribution in [0.4, 0.5) is 5.69 Å². The van der Waals surface area contributed by atoms with Gasteiger partial charge >= 0.3 is 0 Å². The van der Waals surface area contributed by atoms with Gasteiger partial charge in [-0.3, -0.25) is 4.90 Å². The molecule has 1 saturated carbocycles. The van der Waals surface area contributed by atoms with Crippen molar-refractivity contribution >= 4 is 5.69 Å². The summed E-state index contributed by atoms with van der Waals surface area (Å²) in [7, 11) is 1.77. The molecular weight excluding hydrogens is 236 g/mol. The molecule has 0 radical (unpaired) electrons. The standard InChI is InChI=1S/C16H26N2O/c1-12(14-7-8-14)18(9-10-19-3)13(2)15-5-4-6-16(17)11-15/h4-6,11-14H,7-10,17H2,1-3H3. The van der Waals surface area contributed by atoms with Crippen molar-refractivity contribution in [2.75, 3.05) is 26.0 Å². The Morgan fingerprint density at radius 3 is 2.68 bits per heavy atom. The van der Waals surface area contributed by atoms with Gasteiger partial charge in [0.15, 0.2) is 0 Å². The minimum atomic E-state index is 0.384. The molecule has 1 aliphatic rings. The third-order valence-electron chi connectivity index (χ3n) is 4.27. The van der Waals surface area contributed by atoms with Crippen LogP contribution in [0.25, 0.3) is 0 Å². The second-order valence-corrected chi connectivity index (χ2v) is 5.65. The third-order valence-corrected chi connectivity index (χ3v) is 4.27. The van der Waals surface area contributed by atoms with Gasteiger partial charge in [0.1, 0.15) is 0 Å². The van der Waals surface area contributed by atoms with E-state index in [2.05, 4.69) is 30.9 Å². The highest BCUT2D eigenvalue weighted by Crippen LogP contribution is 2.38. The Balaban J connectivity index is 2.11. The lowest BCUT2D eigenvalue weighted by molar-refractivity contribution is 0.0872. The maximum absolute atomic E-state index is 5.90. The van der Waals surface area contributed by atoms with E-state index >= 15 is 0 Å². The van der Waals surface area contributed by atoms with Gasteiger partial charge in [0.05, 0.1) is 6.61 Å². The van der Waals surface area contributed by atoms with Crippen LogP contribution in [0, 0.1) is 5.92 Å². The molecule has 1 fully saturated rings. The van der Waals surface area contributed by atoms with E-state index in [1.54, 1.807) is 7.11 Å². The van der Waals surface area contributed by atoms with Crippen LogP contribution in [0.5, 0.6) is 0 Å². The molecule has 0 aromatic heterocycles. The lowest BCUT2D eigenvalue weighted by atomic mass is 10.0. The van der Waals surface area contributed by atoms with Crippen molar-refractivity contribution in [1.82, 2.24) is 4.90 Å². The Labute approximate surface area is 116 Å². The quantitative estimate of drug-likeness (QED) is 0.767. The van der Waals surface area contributed by atoms with Crippen LogP contribution in [0.15, 0.2) is 24.3 Å². The highest BCUT2D eigenvalue weighted by Gasteiger charge is 2.34. The smallest absolute Gasteiger partial charge is 0.0590 e. The molecule has 0 bridgehead atoms. The van der Waals surface area contributed by atoms with Crippen LogP contribution in [-0.4, -0.2) is 31.2 Å². The van der Waals surface area contributed by atoms with E-state index < -0.39 is 0 Å². The first-order chi connectivity index (χ1) is 9.13. The van der Waals surface area contributed by atoms with Crippen LogP contribution >= 0.6 is 0 Å². The van der Waals surface area contributed by atoms with Gasteiger partial charge in [-0.05, 0) is 50.3 Å². The van der Waals surface area contributed by atoms with Gasteiger partial charge in [-0.2, -0.15) is 0 Å². The first-order valence-corrected chi connectivity index (χ1v) is 7.23. The highest BCUT2D eigenvalue weighted by atomic mass is 16.5. The third kappa shape index (κ3) is 3.71. The SMILES string of the molecule is COCCN(C(C)c1cccc(N)c1)C(C)C1CC1. The molecule has 0 heterocycles. The summed E-state index contributed by atoms with van der Waals surface area (Å²) in [5.74, 6) is 0.861. The summed E-state index contributed by atoms with van der Waals surface area (Å²) in [4.78, 5) is 2.55. The molecule has 1 aromatic rings. The predicted molar refractivity (Wildman–Crippen MR) is 80.0 cm³/mol. The fourth-order valence-electron chi connectivity index (χ4n) is 2.81. The van der Waals surface area contributed by atoms with Crippen LogP contribution in [-0.2, 0) is 4.74 Å². The van der Waals surface area contributed by atoms with E-state index in [9.17, 15) is 0 Å². The second kappa shape index (κ2) is 6.40. The molecule has 2 atom stereocenters. The van der Waals surface area contributed by atoms with Crippen LogP contribution in [0.2, 0.25) is 0 Å². The predicted octanol–water partition coefficient (Wildman–Crippen LogP) is 3.08. The van der Waals surface area contributed by atoms with Gasteiger partial charge in [0, 0.05) is 31.4 Å². The summed E-state index contributed by atoms with van der Waals surface area (Å²) in [6, 6.07) is 9.24. The average Bonchev–Trinajstić information content (AvgIpc) is 3.23. The largest absolute Gasteiger partial charge is 0.399 e. The lowest BCUT2D eigenvalue weighted by Gasteiger charge is -2.35. The zero-order valence-electron chi connectivity index (χ0n) is 12.3. The second-order valence-electron chi connectivity index (χ2n) is 5.65. The number of hydrogen-bond donors (Lipinski definition) is 1. The van der Waals surface area contributed by atoms with E-state index in [-0.39, 0.29) is 0 Å². The molecule has 1 aromatic carbocycles. The number of ether oxygens (including phenoxy) is 1. The summed E-state index contributed by atoms with van der Waals surface area (Å²) in [6.07, 6.45) is 2.74. The van der Waals surface area contributed by atoms with E-state index in [1.807, 2.05) is 12.1 Å². The molecule has 2 N–H and O–H groups in total. The number of anilines is 1. The van der Waals surface area contributed by atoms with Gasteiger partial charge in [-0.15, -0.1) is 0 Å². The fraction of sp³-hybridized carbons (Fsp3) is 0.625. The van der Waals surface area contributed by atoms with Crippen molar-refractivity contribution < 1.29 is 4.74 Å². The Morgan fingerprint density at radius 2 is 2.11 bits per heavy atom. The molecule has 19 heavy (non-hydrogen) atoms. The van der Waals surface area contributed by atoms with Gasteiger partial charge in [-0.25, -0.2) is 0 Å². The van der Waals surface area contributed by atoms with Crippen molar-refractivity contribution in [2.24, 2.45) is 5.92 Å². The van der Waals surface area contributed by atoms with Crippen molar-refractivity contribution in [3.63, 3.8) is 0 Å². The van der Waals surface area contributed by atoms with Crippen molar-refractivity contribution in [3.05, 3.63) is 29.8 Å². The van der Waals surface area contributed by atoms with Gasteiger partial charge < -0.3 is 10.5 Å². The van der Waals surface area contributed by atoms with Gasteiger partial charge in [-0.1, -0.05) is 12.1 Å². The zero-order chi connectivity index (χ0) is 13.8. The molecular formula is C16H26N2O. The number of rotatable bonds is 7. The lowest BCUT2D eigenvalue weighted by Crippen LogP contribution is -2.39. The van der Waals surface area contributed by atoms with E-state index in [4.69, 9.17) is 10.5 Å². The molecule has 2 unspecified atom stereocenters. The fourth-order valence-corrected chi connectivity index (χ4v) is 2.81. The van der Waals surface area contributed by atoms with Crippen LogP contribution in [0.1, 0.15) is 38.3 Å². The molecule has 0 aliphatic heterocycles. The van der Waals surface area contributed by atoms with E-state index in [0.29, 0.717) is 12.1 Å². The Hall–Kier alpha value is -1.06. The maximum atomic E-state index is 5.90. The summed E-state index contributed by atoms with van der Waals surface area (Å²) in [6.45, 7) is 6.37. The first kappa shape index (κ1) is 14.4. The normalized spacial score (nSPS) is 18.5. The van der Waals surface area contributed by atoms with E-state index in [0.717, 1.165) is 24.8 Å². The average molecular weight is 262 g/mol. The minimum absolute atomic E-state index is 0.384. The Kier molecular flexibility index (Phi) is 4.83. The topological polar surface area (TPSA) is 38.5 Å². The van der Waals surface area contributed by atoms with Crippen LogP contribution < -0.4 is 5.73 Å². The number of nitrogen functional groups attached to an aromatic ring is 1. The van der Waals surface area contributed by atoms with Gasteiger partial charge in [0.2, 0.25) is 0 Å². The number of benzene rings is 1. The molecule has 0 spiro atoms. The van der Waals surface area contributed by atoms with E-state index in [1.165, 1.54) is 18.4 Å². The molecule has 3 heteroatoms. The summed E-state index contributed by atoms with van der Waals surface area (Å²) < 4.78 is 5.27. The molecule has 2 rings (SSSR count). The number of methoxy groups -OCH3 is 1. The number of nitrogens with two attached hydrogens (primary N) is 1. The van der Waals surface area contributed by atoms with Crippen molar-refractivity contribution in [1.29, 1.82) is 0 Å². The minimum Gasteiger partial charge on any atom is -0.399 e. The monoisotopic (exact) mass is 262 g/mol. The molecule has 106 valence electrons. The van der Waals surface area contributed by atoms with Gasteiger partial charge in [0.25, 0.3) is 0 Å². The molecule has 3 nitrogen and oxygen atoms in total.